The molecule has 7 fully saturated rings. The highest BCUT2D eigenvalue weighted by molar-refractivity contribution is 5.88. The average molecular weight is 724 g/mol. The van der Waals surface area contributed by atoms with Crippen molar-refractivity contribution in [2.24, 2.45) is 56.7 Å². The number of carbonyl (C=O) groups is 2. The fraction of sp³-hybridized carbons (Fsp3) is 0.787. The lowest BCUT2D eigenvalue weighted by Crippen LogP contribution is -2.69. The number of nitrogens with zero attached hydrogens (tertiary/aromatic N) is 2. The van der Waals surface area contributed by atoms with E-state index in [4.69, 9.17) is 0 Å². The van der Waals surface area contributed by atoms with Crippen molar-refractivity contribution in [3.05, 3.63) is 41.5 Å². The second-order valence-electron chi connectivity index (χ2n) is 21.5. The normalized spacial score (nSPS) is 44.0. The Bertz CT molecular complexity index is 1660. The third-order valence-corrected chi connectivity index (χ3v) is 19.0. The molecular weight excluding hydrogens is 655 g/mol. The Morgan fingerprint density at radius 3 is 2.19 bits per heavy atom. The highest BCUT2D eigenvalue weighted by Gasteiger charge is 2.72. The minimum Gasteiger partial charge on any atom is -0.478 e. The molecule has 1 aromatic rings. The molecule has 10 atom stereocenters. The molecule has 2 N–H and O–H groups in total. The molecule has 0 radical (unpaired) electrons. The number of fused-ring (bicyclic) bond motifs is 7. The zero-order valence-corrected chi connectivity index (χ0v) is 33.9. The number of rotatable bonds is 6. The summed E-state index contributed by atoms with van der Waals surface area (Å²) in [4.78, 5) is 31.0. The van der Waals surface area contributed by atoms with E-state index in [9.17, 15) is 14.7 Å². The molecule has 53 heavy (non-hydrogen) atoms. The summed E-state index contributed by atoms with van der Waals surface area (Å²) in [6, 6.07) is 8.29. The molecule has 0 unspecified atom stereocenters. The van der Waals surface area contributed by atoms with Crippen LogP contribution in [0.25, 0.3) is 5.57 Å². The third kappa shape index (κ3) is 5.32. The van der Waals surface area contributed by atoms with Gasteiger partial charge in [-0.05, 0) is 189 Å². The molecule has 8 aliphatic rings. The minimum atomic E-state index is -0.859. The maximum absolute atomic E-state index is 14.5. The molecule has 6 aliphatic carbocycles. The van der Waals surface area contributed by atoms with Crippen LogP contribution >= 0.6 is 0 Å². The summed E-state index contributed by atoms with van der Waals surface area (Å²) in [5.74, 6) is 2.39. The maximum Gasteiger partial charge on any atom is 0.335 e. The fourth-order valence-electron chi connectivity index (χ4n) is 15.9. The van der Waals surface area contributed by atoms with E-state index in [1.54, 1.807) is 12.1 Å². The first kappa shape index (κ1) is 36.3. The zero-order chi connectivity index (χ0) is 37.2. The van der Waals surface area contributed by atoms with Gasteiger partial charge in [0.05, 0.1) is 5.56 Å². The lowest BCUT2D eigenvalue weighted by Gasteiger charge is -2.72. The number of likely N-dealkylation sites (tertiary alicyclic amines) is 2. The van der Waals surface area contributed by atoms with Crippen molar-refractivity contribution >= 4 is 17.6 Å². The molecule has 290 valence electrons. The molecule has 0 spiro atoms. The number of amides is 2. The first-order chi connectivity index (χ1) is 25.2. The van der Waals surface area contributed by atoms with Gasteiger partial charge in [-0.1, -0.05) is 59.8 Å². The molecular formula is C47H69N3O3. The molecule has 2 saturated heterocycles. The van der Waals surface area contributed by atoms with E-state index < -0.39 is 5.97 Å². The molecule has 0 aromatic heterocycles. The van der Waals surface area contributed by atoms with E-state index >= 15 is 0 Å². The molecule has 1 aromatic carbocycles. The Morgan fingerprint density at radius 2 is 1.49 bits per heavy atom. The first-order valence-corrected chi connectivity index (χ1v) is 22.0. The van der Waals surface area contributed by atoms with Gasteiger partial charge < -0.3 is 20.2 Å². The summed E-state index contributed by atoms with van der Waals surface area (Å²) in [5, 5.41) is 13.5. The van der Waals surface area contributed by atoms with E-state index in [2.05, 4.69) is 62.7 Å². The van der Waals surface area contributed by atoms with Gasteiger partial charge in [0.25, 0.3) is 0 Å². The second kappa shape index (κ2) is 12.3. The van der Waals surface area contributed by atoms with Crippen LogP contribution in [0.3, 0.4) is 0 Å². The van der Waals surface area contributed by atoms with Crippen LogP contribution in [0, 0.1) is 56.7 Å². The van der Waals surface area contributed by atoms with Gasteiger partial charge in [0.1, 0.15) is 0 Å². The minimum absolute atomic E-state index is 0.0160. The van der Waals surface area contributed by atoms with Crippen molar-refractivity contribution in [3.63, 3.8) is 0 Å². The molecule has 0 bridgehead atoms. The summed E-state index contributed by atoms with van der Waals surface area (Å²) in [6.45, 7) is 20.1. The van der Waals surface area contributed by atoms with Gasteiger partial charge in [0, 0.05) is 24.7 Å². The molecule has 6 nitrogen and oxygen atoms in total. The molecule has 6 heteroatoms. The summed E-state index contributed by atoms with van der Waals surface area (Å²) >= 11 is 0. The van der Waals surface area contributed by atoms with Crippen molar-refractivity contribution in [1.82, 2.24) is 15.1 Å². The van der Waals surface area contributed by atoms with Crippen molar-refractivity contribution in [2.45, 2.75) is 149 Å². The van der Waals surface area contributed by atoms with E-state index in [0.29, 0.717) is 40.7 Å². The summed E-state index contributed by atoms with van der Waals surface area (Å²) in [6.07, 6.45) is 21.4. The number of urea groups is 1. The predicted octanol–water partition coefficient (Wildman–Crippen LogP) is 10.3. The Labute approximate surface area is 320 Å². The quantitative estimate of drug-likeness (QED) is 0.307. The second-order valence-corrected chi connectivity index (χ2v) is 21.5. The maximum atomic E-state index is 14.5. The number of nitrogens with one attached hydrogen (secondary N) is 1. The van der Waals surface area contributed by atoms with Crippen LogP contribution in [-0.2, 0) is 0 Å². The number of aromatic carboxylic acids is 1. The topological polar surface area (TPSA) is 72.9 Å². The van der Waals surface area contributed by atoms with Gasteiger partial charge in [0.15, 0.2) is 0 Å². The summed E-state index contributed by atoms with van der Waals surface area (Å²) < 4.78 is 0. The molecule has 5 saturated carbocycles. The van der Waals surface area contributed by atoms with Crippen LogP contribution in [0.5, 0.6) is 0 Å². The summed E-state index contributed by atoms with van der Waals surface area (Å²) in [7, 11) is 0. The van der Waals surface area contributed by atoms with E-state index in [1.807, 2.05) is 12.1 Å². The standard InChI is InChI=1S/C47H69N3O3/c1-42(2)34(31-11-13-32(14-12-31)40(51)52)17-20-44(4)37(42)19-21-46(6)38(44)16-15-36-39-35(43(3)23-24-43)18-22-47(39,26-25-45(36,46)5)48-41(53)50-29-9-10-33(50)30-49-27-7-8-28-49/h11-14,17,33,35-39H,7-10,15-16,18-30H2,1-6H3,(H,48,53)(H,51,52)/t33-,35+,36+,37-,38+,39+,44-,45+,46+,47-/m0/s1. The smallest absolute Gasteiger partial charge is 0.335 e. The monoisotopic (exact) mass is 724 g/mol. The van der Waals surface area contributed by atoms with E-state index in [1.165, 1.54) is 94.9 Å². The van der Waals surface area contributed by atoms with Crippen molar-refractivity contribution < 1.29 is 14.7 Å². The average Bonchev–Trinajstić information content (AvgIpc) is 3.48. The first-order valence-electron chi connectivity index (χ1n) is 22.0. The third-order valence-electron chi connectivity index (χ3n) is 19.0. The Hall–Kier alpha value is -2.34. The fourth-order valence-corrected chi connectivity index (χ4v) is 15.9. The van der Waals surface area contributed by atoms with Crippen LogP contribution in [0.1, 0.15) is 154 Å². The van der Waals surface area contributed by atoms with Gasteiger partial charge in [-0.25, -0.2) is 9.59 Å². The largest absolute Gasteiger partial charge is 0.478 e. The van der Waals surface area contributed by atoms with Crippen molar-refractivity contribution in [2.75, 3.05) is 26.2 Å². The Kier molecular flexibility index (Phi) is 8.45. The van der Waals surface area contributed by atoms with Crippen LogP contribution in [0.2, 0.25) is 0 Å². The van der Waals surface area contributed by atoms with Gasteiger partial charge in [0.2, 0.25) is 0 Å². The lowest BCUT2D eigenvalue weighted by molar-refractivity contribution is -0.221. The Morgan fingerprint density at radius 1 is 0.755 bits per heavy atom. The SMILES string of the molecule is CC1([C@@H]2CC[C@]3(NC(=O)N4CCC[C@H]4CN4CCCC4)CC[C@]4(C)[C@H](CC[C@@H]5[C@@]6(C)CC=C(c7ccc(C(=O)O)cc7)C(C)(C)[C@@H]6CC[C@]54C)[C@@H]23)CC1. The van der Waals surface area contributed by atoms with E-state index in [0.717, 1.165) is 44.7 Å². The van der Waals surface area contributed by atoms with Crippen LogP contribution < -0.4 is 5.32 Å². The van der Waals surface area contributed by atoms with E-state index in [-0.39, 0.29) is 33.2 Å². The number of hydrogen-bond donors (Lipinski definition) is 2. The van der Waals surface area contributed by atoms with Crippen LogP contribution in [0.15, 0.2) is 30.3 Å². The number of hydrogen-bond acceptors (Lipinski definition) is 3. The van der Waals surface area contributed by atoms with Gasteiger partial charge in [-0.15, -0.1) is 0 Å². The number of carboxylic acids is 1. The van der Waals surface area contributed by atoms with Crippen LogP contribution in [0.4, 0.5) is 4.79 Å². The summed E-state index contributed by atoms with van der Waals surface area (Å²) in [5.41, 5.74) is 4.15. The van der Waals surface area contributed by atoms with Gasteiger partial charge in [-0.2, -0.15) is 0 Å². The van der Waals surface area contributed by atoms with Crippen molar-refractivity contribution in [1.29, 1.82) is 0 Å². The zero-order valence-electron chi connectivity index (χ0n) is 33.9. The highest BCUT2D eigenvalue weighted by Crippen LogP contribution is 2.78. The molecule has 2 aliphatic heterocycles. The van der Waals surface area contributed by atoms with Gasteiger partial charge >= 0.3 is 12.0 Å². The Balaban J connectivity index is 1.00. The predicted molar refractivity (Wildman–Crippen MR) is 212 cm³/mol. The number of carboxylic acid groups (broad SMARTS) is 1. The molecule has 2 amide bonds. The highest BCUT2D eigenvalue weighted by atomic mass is 16.4. The van der Waals surface area contributed by atoms with Crippen LogP contribution in [-0.4, -0.2) is 64.7 Å². The molecule has 2 heterocycles. The number of carbonyl (C=O) groups excluding carboxylic acids is 1. The van der Waals surface area contributed by atoms with Crippen molar-refractivity contribution in [3.8, 4) is 0 Å². The lowest BCUT2D eigenvalue weighted by atomic mass is 9.32. The molecule has 9 rings (SSSR count). The van der Waals surface area contributed by atoms with Gasteiger partial charge in [-0.3, -0.25) is 0 Å². The number of allylic oxidation sites excluding steroid dienone is 2. The number of benzene rings is 1.